The second-order valence-corrected chi connectivity index (χ2v) is 10.2. The van der Waals surface area contributed by atoms with Crippen LogP contribution in [0.25, 0.3) is 22.3 Å². The highest BCUT2D eigenvalue weighted by Gasteiger charge is 2.21. The summed E-state index contributed by atoms with van der Waals surface area (Å²) in [5.74, 6) is 0.575. The van der Waals surface area contributed by atoms with E-state index in [4.69, 9.17) is 9.47 Å². The molecule has 6 aromatic carbocycles. The molecule has 0 radical (unpaired) electrons. The van der Waals surface area contributed by atoms with Crippen LogP contribution in [0.5, 0.6) is 23.0 Å². The second-order valence-electron chi connectivity index (χ2n) is 10.2. The van der Waals surface area contributed by atoms with Crippen molar-refractivity contribution in [3.05, 3.63) is 167 Å². The first-order chi connectivity index (χ1) is 22.4. The third-order valence-electron chi connectivity index (χ3n) is 7.27. The van der Waals surface area contributed by atoms with Gasteiger partial charge in [0.15, 0.2) is 5.78 Å². The first-order valence-corrected chi connectivity index (χ1v) is 14.1. The summed E-state index contributed by atoms with van der Waals surface area (Å²) in [5.41, 5.74) is 1.33. The smallest absolute Gasteiger partial charge is 0.193 e. The summed E-state index contributed by atoms with van der Waals surface area (Å²) in [5, 5.41) is 19.3. The summed E-state index contributed by atoms with van der Waals surface area (Å²) in [6.45, 7) is 0. The molecular formula is C39H22F2N2O3. The normalized spacial score (nSPS) is 10.4. The van der Waals surface area contributed by atoms with Crippen molar-refractivity contribution in [1.82, 2.24) is 0 Å². The number of rotatable bonds is 8. The van der Waals surface area contributed by atoms with Crippen LogP contribution >= 0.6 is 0 Å². The van der Waals surface area contributed by atoms with E-state index in [0.29, 0.717) is 45.3 Å². The van der Waals surface area contributed by atoms with Crippen LogP contribution in [-0.2, 0) is 0 Å². The van der Waals surface area contributed by atoms with Gasteiger partial charge >= 0.3 is 0 Å². The minimum atomic E-state index is -0.722. The molecule has 0 fully saturated rings. The number of benzene rings is 6. The molecule has 0 aliphatic carbocycles. The fraction of sp³-hybridized carbons (Fsp3) is 0. The molecule has 0 amide bonds. The monoisotopic (exact) mass is 604 g/mol. The number of nitrogens with zero attached hydrogens (tertiary/aromatic N) is 2. The van der Waals surface area contributed by atoms with E-state index >= 15 is 0 Å². The lowest BCUT2D eigenvalue weighted by molar-refractivity contribution is 0.103. The van der Waals surface area contributed by atoms with Gasteiger partial charge in [-0.05, 0) is 90.0 Å². The molecule has 5 nitrogen and oxygen atoms in total. The van der Waals surface area contributed by atoms with E-state index in [1.165, 1.54) is 30.3 Å². The number of ether oxygens (including phenoxy) is 2. The van der Waals surface area contributed by atoms with Crippen molar-refractivity contribution in [1.29, 1.82) is 10.5 Å². The molecule has 0 bridgehead atoms. The van der Waals surface area contributed by atoms with E-state index in [0.717, 1.165) is 0 Å². The van der Waals surface area contributed by atoms with Gasteiger partial charge in [0.1, 0.15) is 46.8 Å². The molecule has 0 saturated heterocycles. The van der Waals surface area contributed by atoms with Gasteiger partial charge < -0.3 is 9.47 Å². The number of nitriles is 2. The van der Waals surface area contributed by atoms with Gasteiger partial charge in [-0.3, -0.25) is 4.79 Å². The van der Waals surface area contributed by atoms with Crippen molar-refractivity contribution < 1.29 is 23.0 Å². The van der Waals surface area contributed by atoms with Gasteiger partial charge in [0.25, 0.3) is 0 Å². The number of carbonyl (C=O) groups excluding carboxylic acids is 1. The second kappa shape index (κ2) is 13.0. The fourth-order valence-corrected chi connectivity index (χ4v) is 5.04. The maximum atomic E-state index is 14.6. The molecule has 0 aliphatic rings. The lowest BCUT2D eigenvalue weighted by Crippen LogP contribution is -2.05. The zero-order valence-corrected chi connectivity index (χ0v) is 24.1. The van der Waals surface area contributed by atoms with Crippen LogP contribution in [0.3, 0.4) is 0 Å². The van der Waals surface area contributed by atoms with Gasteiger partial charge in [0, 0.05) is 22.3 Å². The van der Waals surface area contributed by atoms with Gasteiger partial charge in [0.05, 0.1) is 11.1 Å². The average Bonchev–Trinajstić information content (AvgIpc) is 3.09. The molecule has 6 rings (SSSR count). The van der Waals surface area contributed by atoms with Crippen LogP contribution in [0.4, 0.5) is 8.78 Å². The van der Waals surface area contributed by atoms with Gasteiger partial charge in [-0.2, -0.15) is 10.5 Å². The van der Waals surface area contributed by atoms with Gasteiger partial charge in [-0.1, -0.05) is 54.6 Å². The van der Waals surface area contributed by atoms with E-state index in [-0.39, 0.29) is 22.3 Å². The summed E-state index contributed by atoms with van der Waals surface area (Å²) in [7, 11) is 0. The summed E-state index contributed by atoms with van der Waals surface area (Å²) in [6.07, 6.45) is 0. The van der Waals surface area contributed by atoms with Crippen LogP contribution in [0, 0.1) is 34.3 Å². The number of ketones is 1. The number of carbonyl (C=O) groups is 1. The van der Waals surface area contributed by atoms with Gasteiger partial charge in [-0.15, -0.1) is 0 Å². The summed E-state index contributed by atoms with van der Waals surface area (Å²) in [6, 6.07) is 39.9. The lowest BCUT2D eigenvalue weighted by atomic mass is 9.88. The van der Waals surface area contributed by atoms with Crippen LogP contribution in [0.2, 0.25) is 0 Å². The first-order valence-electron chi connectivity index (χ1n) is 14.1. The number of hydrogen-bond acceptors (Lipinski definition) is 5. The minimum Gasteiger partial charge on any atom is -0.457 e. The molecule has 0 unspecified atom stereocenters. The Balaban J connectivity index is 1.32. The Hall–Kier alpha value is -6.57. The Morgan fingerprint density at radius 2 is 1.02 bits per heavy atom. The first kappa shape index (κ1) is 29.5. The Morgan fingerprint density at radius 3 is 1.59 bits per heavy atom. The van der Waals surface area contributed by atoms with Crippen LogP contribution < -0.4 is 9.47 Å². The zero-order valence-electron chi connectivity index (χ0n) is 24.1. The molecule has 0 atom stereocenters. The molecule has 0 aliphatic heterocycles. The number of para-hydroxylation sites is 1. The zero-order chi connectivity index (χ0) is 32.0. The molecule has 7 heteroatoms. The average molecular weight is 605 g/mol. The highest BCUT2D eigenvalue weighted by Crippen LogP contribution is 2.35. The molecule has 0 spiro atoms. The van der Waals surface area contributed by atoms with E-state index in [1.807, 2.05) is 42.5 Å². The molecule has 0 saturated carbocycles. The molecule has 6 aromatic rings. The third-order valence-corrected chi connectivity index (χ3v) is 7.27. The van der Waals surface area contributed by atoms with E-state index in [2.05, 4.69) is 0 Å². The summed E-state index contributed by atoms with van der Waals surface area (Å²) >= 11 is 0. The Morgan fingerprint density at radius 1 is 0.522 bits per heavy atom. The van der Waals surface area contributed by atoms with Crippen LogP contribution in [-0.4, -0.2) is 5.78 Å². The predicted molar refractivity (Wildman–Crippen MR) is 170 cm³/mol. The molecule has 0 heterocycles. The van der Waals surface area contributed by atoms with Crippen molar-refractivity contribution in [3.8, 4) is 57.4 Å². The topological polar surface area (TPSA) is 83.1 Å². The van der Waals surface area contributed by atoms with E-state index < -0.39 is 17.4 Å². The van der Waals surface area contributed by atoms with Crippen molar-refractivity contribution >= 4 is 5.78 Å². The third kappa shape index (κ3) is 6.07. The quantitative estimate of drug-likeness (QED) is 0.162. The number of hydrogen-bond donors (Lipinski definition) is 0. The van der Waals surface area contributed by atoms with Crippen LogP contribution in [0.15, 0.2) is 133 Å². The highest BCUT2D eigenvalue weighted by atomic mass is 19.1. The van der Waals surface area contributed by atoms with Crippen LogP contribution in [0.1, 0.15) is 27.0 Å². The molecular weight excluding hydrogens is 582 g/mol. The highest BCUT2D eigenvalue weighted by molar-refractivity contribution is 6.13. The minimum absolute atomic E-state index is 0.149. The fourth-order valence-electron chi connectivity index (χ4n) is 5.04. The van der Waals surface area contributed by atoms with E-state index in [9.17, 15) is 24.1 Å². The largest absolute Gasteiger partial charge is 0.457 e. The number of halogens is 2. The van der Waals surface area contributed by atoms with Gasteiger partial charge in [-0.25, -0.2) is 8.78 Å². The van der Waals surface area contributed by atoms with Crippen molar-refractivity contribution in [2.24, 2.45) is 0 Å². The Kier molecular flexibility index (Phi) is 8.32. The van der Waals surface area contributed by atoms with Gasteiger partial charge in [0.2, 0.25) is 0 Å². The Bertz CT molecular complexity index is 2150. The standard InChI is InChI=1S/C39H22F2N2O3/c40-37-10-4-8-31(35(37)23-42)26-14-21-33(32-9-5-11-38(41)36(32)24-43)34(22-26)39(44)25-12-15-28(16-13-25)46-30-19-17-29(18-20-30)45-27-6-2-1-3-7-27/h1-22H. The molecule has 0 N–H and O–H groups in total. The Labute approximate surface area is 263 Å². The molecule has 46 heavy (non-hydrogen) atoms. The summed E-state index contributed by atoms with van der Waals surface area (Å²) in [4.78, 5) is 14.0. The van der Waals surface area contributed by atoms with Crippen molar-refractivity contribution in [3.63, 3.8) is 0 Å². The summed E-state index contributed by atoms with van der Waals surface area (Å²) < 4.78 is 40.9. The lowest BCUT2D eigenvalue weighted by Gasteiger charge is -2.14. The maximum Gasteiger partial charge on any atom is 0.193 e. The predicted octanol–water partition coefficient (Wildman–Crippen LogP) is 9.86. The SMILES string of the molecule is N#Cc1c(F)cccc1-c1ccc(-c2cccc(F)c2C#N)c(C(=O)c2ccc(Oc3ccc(Oc4ccccc4)cc3)cc2)c1. The molecule has 220 valence electrons. The molecule has 0 aromatic heterocycles. The van der Waals surface area contributed by atoms with Crippen molar-refractivity contribution in [2.45, 2.75) is 0 Å². The van der Waals surface area contributed by atoms with Crippen molar-refractivity contribution in [2.75, 3.05) is 0 Å². The van der Waals surface area contributed by atoms with E-state index in [1.54, 1.807) is 72.8 Å². The maximum absolute atomic E-state index is 14.6.